The molecule has 5 bridgehead atoms. The number of benzene rings is 2. The van der Waals surface area contributed by atoms with Crippen molar-refractivity contribution in [1.82, 2.24) is 5.32 Å². The van der Waals surface area contributed by atoms with E-state index in [1.807, 2.05) is 6.07 Å². The van der Waals surface area contributed by atoms with Crippen LogP contribution in [0.5, 0.6) is 5.75 Å². The van der Waals surface area contributed by atoms with Gasteiger partial charge in [0.15, 0.2) is 0 Å². The molecule has 0 saturated heterocycles. The molecule has 3 spiro atoms. The molecule has 2 aromatic rings. The molecule has 45 heavy (non-hydrogen) atoms. The number of allylic oxidation sites excluding steroid dienone is 3. The molecule has 3 saturated carbocycles. The Morgan fingerprint density at radius 2 is 1.73 bits per heavy atom. The molecule has 1 heterocycles. The van der Waals surface area contributed by atoms with Gasteiger partial charge < -0.3 is 10.4 Å². The van der Waals surface area contributed by atoms with Gasteiger partial charge in [0.1, 0.15) is 5.75 Å². The Morgan fingerprint density at radius 3 is 2.58 bits per heavy atom. The molecule has 8 atom stereocenters. The van der Waals surface area contributed by atoms with E-state index >= 15 is 0 Å². The maximum atomic E-state index is 11.1. The van der Waals surface area contributed by atoms with Crippen molar-refractivity contribution in [2.45, 2.75) is 109 Å². The smallest absolute Gasteiger partial charge is 0.116 e. The normalized spacial score (nSPS) is 39.0. The van der Waals surface area contributed by atoms with Crippen molar-refractivity contribution in [2.24, 2.45) is 39.9 Å². The minimum Gasteiger partial charge on any atom is -0.508 e. The average Bonchev–Trinajstić information content (AvgIpc) is 3.46. The predicted molar refractivity (Wildman–Crippen MR) is 193 cm³/mol. The van der Waals surface area contributed by atoms with E-state index in [0.29, 0.717) is 33.8 Å². The third kappa shape index (κ3) is 5.67. The van der Waals surface area contributed by atoms with Crippen LogP contribution in [-0.2, 0) is 19.4 Å². The lowest BCUT2D eigenvalue weighted by molar-refractivity contribution is -0.134. The van der Waals surface area contributed by atoms with Gasteiger partial charge in [-0.1, -0.05) is 96.0 Å². The van der Waals surface area contributed by atoms with Gasteiger partial charge in [0.05, 0.1) is 0 Å². The molecule has 0 aromatic heterocycles. The van der Waals surface area contributed by atoms with Crippen molar-refractivity contribution in [1.29, 1.82) is 0 Å². The summed E-state index contributed by atoms with van der Waals surface area (Å²) in [6.45, 7) is 5.77. The van der Waals surface area contributed by atoms with Crippen molar-refractivity contribution in [3.8, 4) is 5.75 Å². The summed E-state index contributed by atoms with van der Waals surface area (Å²) in [6, 6.07) is 15.9. The fourth-order valence-electron chi connectivity index (χ4n) is 11.5. The van der Waals surface area contributed by atoms with E-state index < -0.39 is 0 Å². The average molecular weight is 640 g/mol. The summed E-state index contributed by atoms with van der Waals surface area (Å²) in [5.41, 5.74) is 6.46. The van der Waals surface area contributed by atoms with Gasteiger partial charge in [-0.25, -0.2) is 0 Å². The van der Waals surface area contributed by atoms with Gasteiger partial charge in [-0.3, -0.25) is 0 Å². The van der Waals surface area contributed by atoms with Gasteiger partial charge in [-0.2, -0.15) is 0 Å². The van der Waals surface area contributed by atoms with Crippen LogP contribution in [-0.4, -0.2) is 22.2 Å². The largest absolute Gasteiger partial charge is 0.508 e. The van der Waals surface area contributed by atoms with E-state index in [4.69, 9.17) is 0 Å². The summed E-state index contributed by atoms with van der Waals surface area (Å²) >= 11 is 0. The van der Waals surface area contributed by atoms with Crippen molar-refractivity contribution in [2.75, 3.05) is 5.75 Å². The summed E-state index contributed by atoms with van der Waals surface area (Å²) in [4.78, 5) is 0. The first-order chi connectivity index (χ1) is 21.8. The minimum atomic E-state index is 0.275. The van der Waals surface area contributed by atoms with Crippen LogP contribution in [0, 0.1) is 39.9 Å². The van der Waals surface area contributed by atoms with Gasteiger partial charge in [0.2, 0.25) is 0 Å². The van der Waals surface area contributed by atoms with Gasteiger partial charge in [-0.05, 0) is 140 Å². The molecule has 2 N–H and O–H groups in total. The highest BCUT2D eigenvalue weighted by molar-refractivity contribution is 8.77. The Balaban J connectivity index is 1.22. The van der Waals surface area contributed by atoms with Crippen molar-refractivity contribution < 1.29 is 5.11 Å². The van der Waals surface area contributed by atoms with Crippen LogP contribution in [0.1, 0.15) is 100 Å². The fourth-order valence-corrected chi connectivity index (χ4v) is 14.6. The van der Waals surface area contributed by atoms with Crippen molar-refractivity contribution >= 4 is 21.6 Å². The van der Waals surface area contributed by atoms with Gasteiger partial charge in [0.25, 0.3) is 0 Å². The molecule has 0 unspecified atom stereocenters. The number of aromatic hydroxyl groups is 1. The van der Waals surface area contributed by atoms with Crippen molar-refractivity contribution in [3.05, 3.63) is 89.0 Å². The van der Waals surface area contributed by atoms with Crippen LogP contribution in [0.2, 0.25) is 0 Å². The Labute approximate surface area is 280 Å². The first-order valence-corrected chi connectivity index (χ1v) is 20.5. The first kappa shape index (κ1) is 30.7. The van der Waals surface area contributed by atoms with Gasteiger partial charge in [0, 0.05) is 29.0 Å². The second-order valence-electron chi connectivity index (χ2n) is 16.4. The fraction of sp³-hybridized carbons (Fsp3) is 0.610. The van der Waals surface area contributed by atoms with E-state index in [1.165, 1.54) is 86.5 Å². The molecule has 4 heteroatoms. The molecule has 6 aliphatic rings. The van der Waals surface area contributed by atoms with Crippen LogP contribution in [0.4, 0.5) is 0 Å². The highest BCUT2D eigenvalue weighted by Crippen LogP contribution is 2.74. The standard InChI is InChI=1S/C41H53NOS2/c1-28-8-7-14-40(22-28)27-39(12-5-6-13-39)24-37-34-18-31-16-30(19-36(43)20-31)17-32-9-3-4-10-33(32)25-42-29(2)26-44-45-38-11-15-41(37,40)23-35(38)21-34/h3-4,7,9-11,14-16,19-20,28-29,34-35,37-38,42-43H,5-6,8,12-13,17-18,21-27H2,1-2H3/t28-,29-,34+,35+,37+,38-,40-,41-/m0/s1. The Kier molecular flexibility index (Phi) is 8.27. The Bertz CT molecular complexity index is 1460. The van der Waals surface area contributed by atoms with Crippen LogP contribution >= 0.6 is 21.6 Å². The second-order valence-corrected chi connectivity index (χ2v) is 19.0. The molecule has 0 amide bonds. The van der Waals surface area contributed by atoms with E-state index in [0.717, 1.165) is 42.9 Å². The number of hydrogen-bond acceptors (Lipinski definition) is 4. The summed E-state index contributed by atoms with van der Waals surface area (Å²) < 4.78 is 0. The zero-order valence-electron chi connectivity index (χ0n) is 27.5. The first-order valence-electron chi connectivity index (χ1n) is 18.1. The third-order valence-electron chi connectivity index (χ3n) is 13.3. The highest BCUT2D eigenvalue weighted by atomic mass is 33.1. The summed E-state index contributed by atoms with van der Waals surface area (Å²) in [5, 5.41) is 15.5. The van der Waals surface area contributed by atoms with Crippen LogP contribution in [0.15, 0.2) is 66.8 Å². The lowest BCUT2D eigenvalue weighted by Gasteiger charge is -2.68. The monoisotopic (exact) mass is 639 g/mol. The van der Waals surface area contributed by atoms with Crippen molar-refractivity contribution in [3.63, 3.8) is 0 Å². The summed E-state index contributed by atoms with van der Waals surface area (Å²) in [7, 11) is 4.26. The summed E-state index contributed by atoms with van der Waals surface area (Å²) in [6.07, 6.45) is 26.9. The molecular formula is C41H53NOS2. The number of fused-ring (bicyclic) bond motifs is 5. The van der Waals surface area contributed by atoms with E-state index in [-0.39, 0.29) is 5.41 Å². The number of rotatable bonds is 0. The Hall–Kier alpha value is -1.62. The molecule has 0 radical (unpaired) electrons. The lowest BCUT2D eigenvalue weighted by Crippen LogP contribution is -2.61. The molecule has 1 aliphatic heterocycles. The van der Waals surface area contributed by atoms with E-state index in [2.05, 4.69) is 101 Å². The number of phenolic OH excluding ortho intramolecular Hbond substituents is 1. The maximum absolute atomic E-state index is 11.1. The molecule has 8 rings (SSSR count). The quantitative estimate of drug-likeness (QED) is 0.222. The van der Waals surface area contributed by atoms with Crippen LogP contribution < -0.4 is 5.32 Å². The molecule has 240 valence electrons. The van der Waals surface area contributed by atoms with E-state index in [1.54, 1.807) is 0 Å². The molecule has 3 fully saturated rings. The molecule has 2 nitrogen and oxygen atoms in total. The summed E-state index contributed by atoms with van der Waals surface area (Å²) in [5.74, 6) is 4.47. The van der Waals surface area contributed by atoms with Gasteiger partial charge in [-0.15, -0.1) is 0 Å². The maximum Gasteiger partial charge on any atom is 0.116 e. The Morgan fingerprint density at radius 1 is 0.911 bits per heavy atom. The van der Waals surface area contributed by atoms with Gasteiger partial charge >= 0.3 is 0 Å². The SMILES string of the molecule is C[C@H]1CC=C[C@]2(C1)CC1(CCCC1)C[C@@H]1[C@@H]3Cc4cc(O)cc(c4)Cc4ccccc4CN[C@@H](C)CSS[C@H]4C=C[C@]12C[C@H]4C3. The highest BCUT2D eigenvalue weighted by Gasteiger charge is 2.65. The zero-order valence-corrected chi connectivity index (χ0v) is 29.1. The number of phenols is 1. The molecular weight excluding hydrogens is 587 g/mol. The third-order valence-corrected chi connectivity index (χ3v) is 16.3. The molecule has 2 aromatic carbocycles. The number of hydrogen-bond donors (Lipinski definition) is 2. The second kappa shape index (κ2) is 12.1. The van der Waals surface area contributed by atoms with Crippen LogP contribution in [0.3, 0.4) is 0 Å². The van der Waals surface area contributed by atoms with E-state index in [9.17, 15) is 5.11 Å². The zero-order chi connectivity index (χ0) is 30.6. The predicted octanol–water partition coefficient (Wildman–Crippen LogP) is 10.3. The lowest BCUT2D eigenvalue weighted by atomic mass is 9.36. The number of nitrogens with one attached hydrogen (secondary N) is 1. The topological polar surface area (TPSA) is 32.3 Å². The molecule has 5 aliphatic carbocycles. The minimum absolute atomic E-state index is 0.275. The van der Waals surface area contributed by atoms with Crippen LogP contribution in [0.25, 0.3) is 0 Å².